The van der Waals surface area contributed by atoms with Gasteiger partial charge in [0.15, 0.2) is 0 Å². The Morgan fingerprint density at radius 2 is 1.92 bits per heavy atom. The molecule has 39 heavy (non-hydrogen) atoms. The highest BCUT2D eigenvalue weighted by Gasteiger charge is 2.38. The molecule has 5 rings (SSSR count). The Labute approximate surface area is 235 Å². The highest BCUT2D eigenvalue weighted by Crippen LogP contribution is 2.50. The molecule has 2 aromatic carbocycles. The molecule has 10 heteroatoms. The molecule has 1 atom stereocenters. The summed E-state index contributed by atoms with van der Waals surface area (Å²) in [4.78, 5) is 29.4. The zero-order chi connectivity index (χ0) is 27.4. The molecular weight excluding hydrogens is 535 g/mol. The lowest BCUT2D eigenvalue weighted by Crippen LogP contribution is -2.42. The monoisotopic (exact) mass is 564 g/mol. The molecule has 202 valence electrons. The van der Waals surface area contributed by atoms with Crippen molar-refractivity contribution in [1.82, 2.24) is 15.1 Å². The number of benzene rings is 2. The first-order chi connectivity index (χ1) is 19.0. The summed E-state index contributed by atoms with van der Waals surface area (Å²) in [7, 11) is 1.61. The molecule has 0 spiro atoms. The maximum absolute atomic E-state index is 13.9. The van der Waals surface area contributed by atoms with Crippen LogP contribution in [-0.4, -0.2) is 54.2 Å². The molecule has 0 radical (unpaired) electrons. The molecule has 7 nitrogen and oxygen atoms in total. The minimum Gasteiger partial charge on any atom is -0.385 e. The van der Waals surface area contributed by atoms with E-state index < -0.39 is 0 Å². The third kappa shape index (κ3) is 5.78. The van der Waals surface area contributed by atoms with Crippen LogP contribution in [0.15, 0.2) is 66.0 Å². The Balaban J connectivity index is 1.70. The van der Waals surface area contributed by atoms with Gasteiger partial charge in [-0.15, -0.1) is 23.1 Å². The highest BCUT2D eigenvalue weighted by molar-refractivity contribution is 8.00. The van der Waals surface area contributed by atoms with E-state index in [0.29, 0.717) is 31.1 Å². The first-order valence-corrected chi connectivity index (χ1v) is 14.6. The van der Waals surface area contributed by atoms with Gasteiger partial charge in [-0.25, -0.2) is 9.07 Å². The molecule has 1 unspecified atom stereocenters. The number of thioether (sulfide) groups is 1. The number of ether oxygens (including phenoxy) is 1. The van der Waals surface area contributed by atoms with Crippen molar-refractivity contribution in [1.29, 1.82) is 0 Å². The number of rotatable bonds is 9. The molecule has 0 aliphatic carbocycles. The molecular formula is C29H29FN4O3S2. The molecule has 3 heterocycles. The van der Waals surface area contributed by atoms with Gasteiger partial charge in [0.2, 0.25) is 11.8 Å². The van der Waals surface area contributed by atoms with Crippen LogP contribution >= 0.6 is 23.1 Å². The molecule has 0 saturated heterocycles. The second kappa shape index (κ2) is 12.1. The summed E-state index contributed by atoms with van der Waals surface area (Å²) < 4.78 is 20.6. The number of methoxy groups -OCH3 is 1. The van der Waals surface area contributed by atoms with Crippen LogP contribution in [-0.2, 0) is 14.3 Å². The molecule has 0 bridgehead atoms. The van der Waals surface area contributed by atoms with Crippen molar-refractivity contribution >= 4 is 40.7 Å². The van der Waals surface area contributed by atoms with Crippen molar-refractivity contribution in [2.45, 2.75) is 18.6 Å². The number of anilines is 1. The molecule has 1 N–H and O–H groups in total. The molecule has 2 aromatic heterocycles. The molecule has 1 aliphatic rings. The van der Waals surface area contributed by atoms with Gasteiger partial charge in [0, 0.05) is 36.3 Å². The first-order valence-electron chi connectivity index (χ1n) is 12.6. The van der Waals surface area contributed by atoms with E-state index in [4.69, 9.17) is 9.84 Å². The van der Waals surface area contributed by atoms with Crippen LogP contribution in [0.5, 0.6) is 0 Å². The number of aromatic nitrogens is 2. The quantitative estimate of drug-likeness (QED) is 0.277. The topological polar surface area (TPSA) is 76.5 Å². The number of nitrogens with zero attached hydrogens (tertiary/aromatic N) is 3. The number of halogens is 1. The van der Waals surface area contributed by atoms with Crippen molar-refractivity contribution in [3.8, 4) is 16.9 Å². The standard InChI is InChI=1S/C29H29FN4O3S2/c1-19-13-16-38-27(19)28-25-26(20-7-4-3-5-8-20)32-34(22-11-9-21(30)10-12-22)29(25)33(24(36)18-39-28)17-23(35)31-14-6-15-37-2/h3-5,7-13,16,28H,6,14-15,17-18H2,1-2H3,(H,31,35). The average molecular weight is 565 g/mol. The number of aryl methyl sites for hydroxylation is 1. The zero-order valence-electron chi connectivity index (χ0n) is 21.7. The van der Waals surface area contributed by atoms with E-state index in [9.17, 15) is 14.0 Å². The Morgan fingerprint density at radius 1 is 1.15 bits per heavy atom. The SMILES string of the molecule is COCCCNC(=O)CN1C(=O)CSC(c2sccc2C)c2c(-c3ccccc3)nn(-c3ccc(F)cc3)c21. The van der Waals surface area contributed by atoms with Crippen LogP contribution in [0, 0.1) is 12.7 Å². The summed E-state index contributed by atoms with van der Waals surface area (Å²) >= 11 is 3.18. The summed E-state index contributed by atoms with van der Waals surface area (Å²) in [6.45, 7) is 2.89. The number of hydrogen-bond acceptors (Lipinski definition) is 6. The number of hydrogen-bond donors (Lipinski definition) is 1. The zero-order valence-corrected chi connectivity index (χ0v) is 23.4. The summed E-state index contributed by atoms with van der Waals surface area (Å²) in [5.41, 5.74) is 4.21. The van der Waals surface area contributed by atoms with Gasteiger partial charge in [-0.3, -0.25) is 14.5 Å². The minimum atomic E-state index is -0.369. The second-order valence-electron chi connectivity index (χ2n) is 9.18. The number of amides is 2. The van der Waals surface area contributed by atoms with E-state index >= 15 is 0 Å². The van der Waals surface area contributed by atoms with Gasteiger partial charge in [0.1, 0.15) is 18.2 Å². The van der Waals surface area contributed by atoms with Gasteiger partial charge in [0.05, 0.1) is 22.4 Å². The third-order valence-electron chi connectivity index (χ3n) is 6.50. The van der Waals surface area contributed by atoms with Gasteiger partial charge in [-0.1, -0.05) is 30.3 Å². The third-order valence-corrected chi connectivity index (χ3v) is 8.95. The van der Waals surface area contributed by atoms with Crippen LogP contribution < -0.4 is 10.2 Å². The Bertz CT molecular complexity index is 1450. The maximum Gasteiger partial charge on any atom is 0.240 e. The number of fused-ring (bicyclic) bond motifs is 1. The number of carbonyl (C=O) groups excluding carboxylic acids is 2. The Kier molecular flexibility index (Phi) is 8.44. The summed E-state index contributed by atoms with van der Waals surface area (Å²) in [6, 6.07) is 17.9. The fourth-order valence-corrected chi connectivity index (χ4v) is 7.07. The van der Waals surface area contributed by atoms with Crippen molar-refractivity contribution < 1.29 is 18.7 Å². The largest absolute Gasteiger partial charge is 0.385 e. The number of thiophene rings is 1. The first kappa shape index (κ1) is 27.1. The molecule has 1 aliphatic heterocycles. The van der Waals surface area contributed by atoms with Gasteiger partial charge in [0.25, 0.3) is 0 Å². The Morgan fingerprint density at radius 3 is 2.62 bits per heavy atom. The predicted molar refractivity (Wildman–Crippen MR) is 154 cm³/mol. The van der Waals surface area contributed by atoms with E-state index in [0.717, 1.165) is 27.3 Å². The Hall–Kier alpha value is -3.47. The average Bonchev–Trinajstić information content (AvgIpc) is 3.51. The molecule has 4 aromatic rings. The fraction of sp³-hybridized carbons (Fsp3) is 0.276. The smallest absolute Gasteiger partial charge is 0.240 e. The van der Waals surface area contributed by atoms with E-state index in [1.54, 1.807) is 35.3 Å². The van der Waals surface area contributed by atoms with Crippen LogP contribution in [0.25, 0.3) is 16.9 Å². The maximum atomic E-state index is 13.9. The number of nitrogens with one attached hydrogen (secondary N) is 1. The second-order valence-corrected chi connectivity index (χ2v) is 11.2. The van der Waals surface area contributed by atoms with Gasteiger partial charge < -0.3 is 10.1 Å². The molecule has 0 fully saturated rings. The fourth-order valence-electron chi connectivity index (χ4n) is 4.59. The van der Waals surface area contributed by atoms with Crippen molar-refractivity contribution in [2.75, 3.05) is 37.5 Å². The van der Waals surface area contributed by atoms with Gasteiger partial charge >= 0.3 is 0 Å². The molecule has 0 saturated carbocycles. The minimum absolute atomic E-state index is 0.156. The van der Waals surface area contributed by atoms with E-state index in [1.807, 2.05) is 30.3 Å². The summed E-state index contributed by atoms with van der Waals surface area (Å²) in [5.74, 6) is -0.0978. The van der Waals surface area contributed by atoms with Crippen LogP contribution in [0.1, 0.15) is 27.7 Å². The van der Waals surface area contributed by atoms with Crippen molar-refractivity contribution in [3.63, 3.8) is 0 Å². The summed E-state index contributed by atoms with van der Waals surface area (Å²) in [6.07, 6.45) is 0.669. The van der Waals surface area contributed by atoms with Gasteiger partial charge in [-0.05, 0) is 54.6 Å². The lowest BCUT2D eigenvalue weighted by Gasteiger charge is -2.23. The summed E-state index contributed by atoms with van der Waals surface area (Å²) in [5, 5.41) is 9.78. The van der Waals surface area contributed by atoms with Crippen LogP contribution in [0.4, 0.5) is 10.2 Å². The van der Waals surface area contributed by atoms with Crippen LogP contribution in [0.2, 0.25) is 0 Å². The van der Waals surface area contributed by atoms with E-state index in [-0.39, 0.29) is 35.2 Å². The lowest BCUT2D eigenvalue weighted by molar-refractivity contribution is -0.122. The normalized spacial score (nSPS) is 15.2. The van der Waals surface area contributed by atoms with Gasteiger partial charge in [-0.2, -0.15) is 5.10 Å². The van der Waals surface area contributed by atoms with E-state index in [1.165, 1.54) is 28.8 Å². The highest BCUT2D eigenvalue weighted by atomic mass is 32.2. The molecule has 2 amide bonds. The van der Waals surface area contributed by atoms with Crippen molar-refractivity contribution in [3.05, 3.63) is 87.9 Å². The van der Waals surface area contributed by atoms with Crippen molar-refractivity contribution in [2.24, 2.45) is 0 Å². The lowest BCUT2D eigenvalue weighted by atomic mass is 10.0. The number of carbonyl (C=O) groups is 2. The van der Waals surface area contributed by atoms with E-state index in [2.05, 4.69) is 23.7 Å². The predicted octanol–water partition coefficient (Wildman–Crippen LogP) is 5.37. The van der Waals surface area contributed by atoms with Crippen LogP contribution in [0.3, 0.4) is 0 Å².